The number of hydrogen-bond donors (Lipinski definition) is 1. The predicted octanol–water partition coefficient (Wildman–Crippen LogP) is 4.09. The average molecular weight is 374 g/mol. The summed E-state index contributed by atoms with van der Waals surface area (Å²) in [6.45, 7) is 3.81. The second-order valence-corrected chi connectivity index (χ2v) is 7.39. The monoisotopic (exact) mass is 374 g/mol. The zero-order chi connectivity index (χ0) is 17.8. The fourth-order valence-electron chi connectivity index (χ4n) is 2.30. The van der Waals surface area contributed by atoms with Crippen LogP contribution in [0.5, 0.6) is 0 Å². The van der Waals surface area contributed by atoms with Crippen molar-refractivity contribution in [2.45, 2.75) is 31.5 Å². The highest BCUT2D eigenvalue weighted by atomic mass is 32.2. The molecule has 0 aliphatic rings. The second kappa shape index (κ2) is 7.84. The number of hydrogen-bond acceptors (Lipinski definition) is 6. The Balaban J connectivity index is 1.82. The van der Waals surface area contributed by atoms with Crippen molar-refractivity contribution in [3.05, 3.63) is 46.1 Å². The van der Waals surface area contributed by atoms with Crippen molar-refractivity contribution >= 4 is 39.3 Å². The third-order valence-electron chi connectivity index (χ3n) is 3.74. The zero-order valence-electron chi connectivity index (χ0n) is 13.9. The third kappa shape index (κ3) is 4.11. The van der Waals surface area contributed by atoms with Gasteiger partial charge in [0.15, 0.2) is 5.16 Å². The topological polar surface area (TPSA) is 72.0 Å². The van der Waals surface area contributed by atoms with Gasteiger partial charge in [-0.25, -0.2) is 4.98 Å². The first-order valence-corrected chi connectivity index (χ1v) is 9.84. The molecule has 0 bridgehead atoms. The van der Waals surface area contributed by atoms with Crippen LogP contribution >= 0.6 is 23.1 Å². The van der Waals surface area contributed by atoms with E-state index in [2.05, 4.69) is 9.97 Å². The molecule has 0 unspecified atom stereocenters. The molecular formula is C18H18N2O3S2. The van der Waals surface area contributed by atoms with Crippen LogP contribution in [0.3, 0.4) is 0 Å². The van der Waals surface area contributed by atoms with Gasteiger partial charge < -0.3 is 9.72 Å². The summed E-state index contributed by atoms with van der Waals surface area (Å²) in [6, 6.07) is 9.75. The lowest BCUT2D eigenvalue weighted by Gasteiger charge is -2.10. The van der Waals surface area contributed by atoms with Crippen molar-refractivity contribution in [2.24, 2.45) is 0 Å². The molecule has 0 radical (unpaired) electrons. The second-order valence-electron chi connectivity index (χ2n) is 5.56. The first-order valence-electron chi connectivity index (χ1n) is 7.97. The van der Waals surface area contributed by atoms with Gasteiger partial charge in [0.1, 0.15) is 4.83 Å². The van der Waals surface area contributed by atoms with Gasteiger partial charge in [0.25, 0.3) is 5.56 Å². The molecule has 0 saturated heterocycles. The Hall–Kier alpha value is -2.12. The summed E-state index contributed by atoms with van der Waals surface area (Å²) in [4.78, 5) is 32.2. The molecule has 3 aromatic rings. The number of nitrogens with zero attached hydrogens (tertiary/aromatic N) is 1. The highest BCUT2D eigenvalue weighted by molar-refractivity contribution is 7.99. The van der Waals surface area contributed by atoms with Gasteiger partial charge >= 0.3 is 5.97 Å². The van der Waals surface area contributed by atoms with Crippen molar-refractivity contribution in [1.29, 1.82) is 0 Å². The standard InChI is InChI=1S/C18H18N2O3S2/c1-3-11(2)23-14(21)10-25-18-19-16(22)15-13(9-24-17(15)20-18)12-7-5-4-6-8-12/h4-9,11H,3,10H2,1-2H3,(H,19,20,22)/t11-/m0/s1. The third-order valence-corrected chi connectivity index (χ3v) is 5.46. The number of fused-ring (bicyclic) bond motifs is 1. The van der Waals surface area contributed by atoms with Gasteiger partial charge in [-0.15, -0.1) is 11.3 Å². The van der Waals surface area contributed by atoms with Crippen molar-refractivity contribution in [3.8, 4) is 11.1 Å². The first kappa shape index (κ1) is 17.7. The van der Waals surface area contributed by atoms with Crippen LogP contribution < -0.4 is 5.56 Å². The molecule has 5 nitrogen and oxygen atoms in total. The van der Waals surface area contributed by atoms with Crippen LogP contribution in [0.1, 0.15) is 20.3 Å². The van der Waals surface area contributed by atoms with E-state index in [9.17, 15) is 9.59 Å². The van der Waals surface area contributed by atoms with Crippen molar-refractivity contribution in [3.63, 3.8) is 0 Å². The fourth-order valence-corrected chi connectivity index (χ4v) is 3.95. The van der Waals surface area contributed by atoms with Crippen LogP contribution in [-0.4, -0.2) is 27.8 Å². The maximum absolute atomic E-state index is 12.5. The summed E-state index contributed by atoms with van der Waals surface area (Å²) in [5, 5.41) is 2.95. The number of carbonyl (C=O) groups excluding carboxylic acids is 1. The highest BCUT2D eigenvalue weighted by Crippen LogP contribution is 2.31. The number of rotatable bonds is 6. The molecule has 130 valence electrons. The Morgan fingerprint density at radius 1 is 1.36 bits per heavy atom. The molecular weight excluding hydrogens is 356 g/mol. The molecule has 0 aliphatic carbocycles. The van der Waals surface area contributed by atoms with Crippen molar-refractivity contribution < 1.29 is 9.53 Å². The normalized spacial score (nSPS) is 12.2. The van der Waals surface area contributed by atoms with E-state index in [4.69, 9.17) is 4.74 Å². The Bertz CT molecular complexity index is 934. The molecule has 2 aromatic heterocycles. The van der Waals surface area contributed by atoms with E-state index in [1.165, 1.54) is 23.1 Å². The van der Waals surface area contributed by atoms with Crippen LogP contribution in [0, 0.1) is 0 Å². The Morgan fingerprint density at radius 2 is 2.12 bits per heavy atom. The molecule has 0 fully saturated rings. The van der Waals surface area contributed by atoms with Gasteiger partial charge in [-0.05, 0) is 18.9 Å². The van der Waals surface area contributed by atoms with Gasteiger partial charge in [-0.1, -0.05) is 49.0 Å². The van der Waals surface area contributed by atoms with Gasteiger partial charge in [0.2, 0.25) is 0 Å². The maximum Gasteiger partial charge on any atom is 0.316 e. The molecule has 1 atom stereocenters. The van der Waals surface area contributed by atoms with Crippen LogP contribution in [-0.2, 0) is 9.53 Å². The Labute approximate surface area is 153 Å². The van der Waals surface area contributed by atoms with E-state index in [1.807, 2.05) is 49.6 Å². The van der Waals surface area contributed by atoms with Crippen LogP contribution in [0.2, 0.25) is 0 Å². The summed E-state index contributed by atoms with van der Waals surface area (Å²) in [5.41, 5.74) is 1.67. The number of aromatic amines is 1. The quantitative estimate of drug-likeness (QED) is 0.400. The van der Waals surface area contributed by atoms with Crippen LogP contribution in [0.25, 0.3) is 21.3 Å². The summed E-state index contributed by atoms with van der Waals surface area (Å²) in [7, 11) is 0. The first-order chi connectivity index (χ1) is 12.1. The number of H-pyrrole nitrogens is 1. The lowest BCUT2D eigenvalue weighted by molar-refractivity contribution is -0.144. The van der Waals surface area contributed by atoms with Gasteiger partial charge in [-0.2, -0.15) is 0 Å². The summed E-state index contributed by atoms with van der Waals surface area (Å²) >= 11 is 2.61. The molecule has 2 heterocycles. The van der Waals surface area contributed by atoms with E-state index >= 15 is 0 Å². The van der Waals surface area contributed by atoms with Crippen molar-refractivity contribution in [1.82, 2.24) is 9.97 Å². The number of thiophene rings is 1. The van der Waals surface area contributed by atoms with Gasteiger partial charge in [0, 0.05) is 10.9 Å². The Morgan fingerprint density at radius 3 is 2.84 bits per heavy atom. The number of benzene rings is 1. The smallest absolute Gasteiger partial charge is 0.316 e. The predicted molar refractivity (Wildman–Crippen MR) is 102 cm³/mol. The van der Waals surface area contributed by atoms with E-state index < -0.39 is 0 Å². The largest absolute Gasteiger partial charge is 0.462 e. The summed E-state index contributed by atoms with van der Waals surface area (Å²) in [5.74, 6) is -0.186. The molecule has 0 saturated carbocycles. The zero-order valence-corrected chi connectivity index (χ0v) is 15.6. The van der Waals surface area contributed by atoms with Gasteiger partial charge in [-0.3, -0.25) is 9.59 Å². The van der Waals surface area contributed by atoms with Gasteiger partial charge in [0.05, 0.1) is 17.2 Å². The summed E-state index contributed by atoms with van der Waals surface area (Å²) < 4.78 is 5.22. The minimum Gasteiger partial charge on any atom is -0.462 e. The molecule has 25 heavy (non-hydrogen) atoms. The summed E-state index contributed by atoms with van der Waals surface area (Å²) in [6.07, 6.45) is 0.669. The number of thioether (sulfide) groups is 1. The molecule has 3 rings (SSSR count). The lowest BCUT2D eigenvalue weighted by Crippen LogP contribution is -2.16. The van der Waals surface area contributed by atoms with E-state index in [1.54, 1.807) is 0 Å². The maximum atomic E-state index is 12.5. The van der Waals surface area contributed by atoms with Crippen LogP contribution in [0.15, 0.2) is 45.7 Å². The minimum atomic E-state index is -0.307. The fraction of sp³-hybridized carbons (Fsp3) is 0.278. The number of ether oxygens (including phenoxy) is 1. The SMILES string of the molecule is CC[C@H](C)OC(=O)CSc1nc2scc(-c3ccccc3)c2c(=O)[nH]1. The number of esters is 1. The number of nitrogens with one attached hydrogen (secondary N) is 1. The van der Waals surface area contributed by atoms with Crippen molar-refractivity contribution in [2.75, 3.05) is 5.75 Å². The molecule has 7 heteroatoms. The lowest BCUT2D eigenvalue weighted by atomic mass is 10.1. The molecule has 1 aromatic carbocycles. The molecule has 0 spiro atoms. The highest BCUT2D eigenvalue weighted by Gasteiger charge is 2.14. The average Bonchev–Trinajstić information content (AvgIpc) is 3.05. The van der Waals surface area contributed by atoms with E-state index in [0.717, 1.165) is 17.5 Å². The molecule has 1 N–H and O–H groups in total. The number of carbonyl (C=O) groups is 1. The minimum absolute atomic E-state index is 0.103. The number of aromatic nitrogens is 2. The molecule has 0 amide bonds. The van der Waals surface area contributed by atoms with Crippen LogP contribution in [0.4, 0.5) is 0 Å². The Kier molecular flexibility index (Phi) is 5.55. The van der Waals surface area contributed by atoms with E-state index in [0.29, 0.717) is 15.4 Å². The molecule has 0 aliphatic heterocycles. The van der Waals surface area contributed by atoms with E-state index in [-0.39, 0.29) is 23.4 Å².